The van der Waals surface area contributed by atoms with Gasteiger partial charge in [-0.15, -0.1) is 0 Å². The number of fused-ring (bicyclic) bond motifs is 1. The lowest BCUT2D eigenvalue weighted by molar-refractivity contribution is -0.141. The maximum Gasteiger partial charge on any atom is 0.325 e. The Morgan fingerprint density at radius 1 is 1.09 bits per heavy atom. The van der Waals surface area contributed by atoms with E-state index in [1.807, 2.05) is 25.1 Å². The van der Waals surface area contributed by atoms with E-state index < -0.39 is 21.9 Å². The van der Waals surface area contributed by atoms with Gasteiger partial charge in [0.2, 0.25) is 10.0 Å². The fourth-order valence-electron chi connectivity index (χ4n) is 4.04. The summed E-state index contributed by atoms with van der Waals surface area (Å²) in [6.07, 6.45) is 0.747. The fraction of sp³-hybridized carbons (Fsp3) is 0.375. The van der Waals surface area contributed by atoms with E-state index in [9.17, 15) is 18.0 Å². The van der Waals surface area contributed by atoms with Crippen LogP contribution in [0.3, 0.4) is 0 Å². The summed E-state index contributed by atoms with van der Waals surface area (Å²) in [7, 11) is -0.819. The third-order valence-corrected chi connectivity index (χ3v) is 9.01. The molecule has 0 aliphatic carbocycles. The molecule has 9 nitrogen and oxygen atoms in total. The molecular formula is C24H27N3O6S2. The standard InChI is InChI=1S/C24H27N3O6S2/c1-16-4-9-20-21(14-16)34-24(27(20)15-22(28)33-3)25-23(29)17-10-12-26(13-11-17)35(30,31)19-7-5-18(32-2)6-8-19/h4-9,14,17H,10-13,15H2,1-3H3. The highest BCUT2D eigenvalue weighted by atomic mass is 32.2. The summed E-state index contributed by atoms with van der Waals surface area (Å²) in [6, 6.07) is 12.1. The number of esters is 1. The van der Waals surface area contributed by atoms with Crippen LogP contribution in [0.25, 0.3) is 10.2 Å². The number of ether oxygens (including phenoxy) is 2. The number of sulfonamides is 1. The van der Waals surface area contributed by atoms with Gasteiger partial charge in [0.05, 0.1) is 29.3 Å². The molecule has 1 saturated heterocycles. The maximum atomic E-state index is 13.0. The van der Waals surface area contributed by atoms with Gasteiger partial charge >= 0.3 is 5.97 Å². The molecule has 11 heteroatoms. The minimum atomic E-state index is -3.66. The molecule has 35 heavy (non-hydrogen) atoms. The Kier molecular flexibility index (Phi) is 7.39. The first-order valence-corrected chi connectivity index (χ1v) is 13.4. The van der Waals surface area contributed by atoms with Gasteiger partial charge in [-0.3, -0.25) is 9.59 Å². The molecule has 0 bridgehead atoms. The molecule has 2 aromatic carbocycles. The van der Waals surface area contributed by atoms with Gasteiger partial charge in [-0.25, -0.2) is 8.42 Å². The molecule has 1 amide bonds. The van der Waals surface area contributed by atoms with Crippen molar-refractivity contribution in [3.63, 3.8) is 0 Å². The van der Waals surface area contributed by atoms with Crippen molar-refractivity contribution in [3.8, 4) is 5.75 Å². The van der Waals surface area contributed by atoms with Gasteiger partial charge in [-0.1, -0.05) is 17.4 Å². The Morgan fingerprint density at radius 2 is 1.77 bits per heavy atom. The van der Waals surface area contributed by atoms with Crippen molar-refractivity contribution >= 4 is 43.5 Å². The van der Waals surface area contributed by atoms with Crippen LogP contribution < -0.4 is 9.54 Å². The molecule has 3 aromatic rings. The highest BCUT2D eigenvalue weighted by molar-refractivity contribution is 7.89. The molecule has 0 unspecified atom stereocenters. The van der Waals surface area contributed by atoms with Gasteiger partial charge in [-0.2, -0.15) is 9.30 Å². The number of aryl methyl sites for hydroxylation is 1. The number of carbonyl (C=O) groups excluding carboxylic acids is 2. The van der Waals surface area contributed by atoms with Gasteiger partial charge in [0.25, 0.3) is 5.91 Å². The topological polar surface area (TPSA) is 107 Å². The number of carbonyl (C=O) groups is 2. The number of amides is 1. The van der Waals surface area contributed by atoms with Crippen molar-refractivity contribution in [3.05, 3.63) is 52.8 Å². The molecule has 0 atom stereocenters. The Bertz CT molecular complexity index is 1420. The SMILES string of the molecule is COC(=O)Cn1c(=NC(=O)C2CCN(S(=O)(=O)c3ccc(OC)cc3)CC2)sc2cc(C)ccc21. The van der Waals surface area contributed by atoms with E-state index in [0.29, 0.717) is 23.4 Å². The number of benzene rings is 2. The summed E-state index contributed by atoms with van der Waals surface area (Å²) >= 11 is 1.34. The molecular weight excluding hydrogens is 490 g/mol. The second-order valence-electron chi connectivity index (χ2n) is 8.32. The molecule has 1 fully saturated rings. The second-order valence-corrected chi connectivity index (χ2v) is 11.3. The lowest BCUT2D eigenvalue weighted by Gasteiger charge is -2.29. The number of hydrogen-bond acceptors (Lipinski definition) is 7. The predicted molar refractivity (Wildman–Crippen MR) is 132 cm³/mol. The molecule has 2 heterocycles. The van der Waals surface area contributed by atoms with Crippen LogP contribution in [0, 0.1) is 12.8 Å². The summed E-state index contributed by atoms with van der Waals surface area (Å²) in [5, 5.41) is 0. The van der Waals surface area contributed by atoms with Gasteiger partial charge in [0, 0.05) is 19.0 Å². The van der Waals surface area contributed by atoms with E-state index in [-0.39, 0.29) is 30.4 Å². The molecule has 4 rings (SSSR count). The summed E-state index contributed by atoms with van der Waals surface area (Å²) in [5.74, 6) is -0.559. The highest BCUT2D eigenvalue weighted by Crippen LogP contribution is 2.26. The lowest BCUT2D eigenvalue weighted by atomic mass is 9.98. The average Bonchev–Trinajstić information content (AvgIpc) is 3.19. The molecule has 1 aromatic heterocycles. The van der Waals surface area contributed by atoms with Crippen LogP contribution in [0.1, 0.15) is 18.4 Å². The quantitative estimate of drug-likeness (QED) is 0.466. The van der Waals surface area contributed by atoms with E-state index >= 15 is 0 Å². The normalized spacial score (nSPS) is 15.9. The zero-order valence-electron chi connectivity index (χ0n) is 19.8. The zero-order chi connectivity index (χ0) is 25.2. The predicted octanol–water partition coefficient (Wildman–Crippen LogP) is 2.72. The number of nitrogens with zero attached hydrogens (tertiary/aromatic N) is 3. The number of piperidine rings is 1. The smallest absolute Gasteiger partial charge is 0.325 e. The van der Waals surface area contributed by atoms with Gasteiger partial charge in [0.1, 0.15) is 12.3 Å². The fourth-order valence-corrected chi connectivity index (χ4v) is 6.64. The second kappa shape index (κ2) is 10.3. The number of hydrogen-bond donors (Lipinski definition) is 0. The highest BCUT2D eigenvalue weighted by Gasteiger charge is 2.32. The van der Waals surface area contributed by atoms with E-state index in [4.69, 9.17) is 9.47 Å². The first-order valence-electron chi connectivity index (χ1n) is 11.1. The van der Waals surface area contributed by atoms with Gasteiger partial charge in [-0.05, 0) is 61.7 Å². The van der Waals surface area contributed by atoms with E-state index in [0.717, 1.165) is 15.8 Å². The van der Waals surface area contributed by atoms with E-state index in [2.05, 4.69) is 4.99 Å². The summed E-state index contributed by atoms with van der Waals surface area (Å²) < 4.78 is 39.9. The van der Waals surface area contributed by atoms with Crippen LogP contribution in [0.15, 0.2) is 52.4 Å². The monoisotopic (exact) mass is 517 g/mol. The Labute approximate surface area is 207 Å². The van der Waals surface area contributed by atoms with Crippen LogP contribution >= 0.6 is 11.3 Å². The molecule has 0 saturated carbocycles. The molecule has 0 radical (unpaired) electrons. The Hall–Kier alpha value is -3.02. The van der Waals surface area contributed by atoms with Gasteiger partial charge in [0.15, 0.2) is 4.80 Å². The van der Waals surface area contributed by atoms with Crippen molar-refractivity contribution in [1.82, 2.24) is 8.87 Å². The van der Waals surface area contributed by atoms with E-state index in [1.165, 1.54) is 42.0 Å². The first-order chi connectivity index (χ1) is 16.7. The molecule has 1 aliphatic rings. The molecule has 0 spiro atoms. The molecule has 1 aliphatic heterocycles. The minimum absolute atomic E-state index is 0.0514. The van der Waals surface area contributed by atoms with Crippen LogP contribution in [0.5, 0.6) is 5.75 Å². The Balaban J connectivity index is 1.53. The van der Waals surface area contributed by atoms with Crippen molar-refractivity contribution in [1.29, 1.82) is 0 Å². The molecule has 0 N–H and O–H groups in total. The van der Waals surface area contributed by atoms with Crippen LogP contribution in [0.2, 0.25) is 0 Å². The summed E-state index contributed by atoms with van der Waals surface area (Å²) in [6.45, 7) is 2.38. The summed E-state index contributed by atoms with van der Waals surface area (Å²) in [4.78, 5) is 30.0. The van der Waals surface area contributed by atoms with Crippen molar-refractivity contribution in [2.75, 3.05) is 27.3 Å². The van der Waals surface area contributed by atoms with Crippen LogP contribution in [-0.2, 0) is 30.9 Å². The number of rotatable bonds is 6. The van der Waals surface area contributed by atoms with E-state index in [1.54, 1.807) is 16.7 Å². The Morgan fingerprint density at radius 3 is 2.40 bits per heavy atom. The van der Waals surface area contributed by atoms with Crippen LogP contribution in [0.4, 0.5) is 0 Å². The van der Waals surface area contributed by atoms with Crippen molar-refractivity contribution in [2.45, 2.75) is 31.2 Å². The number of methoxy groups -OCH3 is 2. The van der Waals surface area contributed by atoms with Crippen molar-refractivity contribution in [2.24, 2.45) is 10.9 Å². The van der Waals surface area contributed by atoms with Crippen molar-refractivity contribution < 1.29 is 27.5 Å². The first kappa shape index (κ1) is 25.1. The molecule has 186 valence electrons. The number of aromatic nitrogens is 1. The summed E-state index contributed by atoms with van der Waals surface area (Å²) in [5.41, 5.74) is 1.87. The average molecular weight is 518 g/mol. The maximum absolute atomic E-state index is 13.0. The number of thiazole rings is 1. The third-order valence-electron chi connectivity index (χ3n) is 6.06. The lowest BCUT2D eigenvalue weighted by Crippen LogP contribution is -2.40. The minimum Gasteiger partial charge on any atom is -0.497 e. The third kappa shape index (κ3) is 5.31. The van der Waals surface area contributed by atoms with Gasteiger partial charge < -0.3 is 14.0 Å². The zero-order valence-corrected chi connectivity index (χ0v) is 21.4. The van der Waals surface area contributed by atoms with Crippen LogP contribution in [-0.4, -0.2) is 56.5 Å². The largest absolute Gasteiger partial charge is 0.497 e.